The molecular weight excluding hydrogens is 282 g/mol. The Morgan fingerprint density at radius 2 is 1.95 bits per heavy atom. The van der Waals surface area contributed by atoms with Crippen LogP contribution in [0.5, 0.6) is 0 Å². The molecule has 108 valence electrons. The number of hydrogen-bond donors (Lipinski definition) is 1. The number of nitrogens with zero attached hydrogens (tertiary/aromatic N) is 2. The van der Waals surface area contributed by atoms with Crippen LogP contribution in [0.2, 0.25) is 0 Å². The van der Waals surface area contributed by atoms with Gasteiger partial charge in [-0.15, -0.1) is 11.3 Å². The lowest BCUT2D eigenvalue weighted by atomic mass is 10.0. The number of imidazole rings is 1. The molecule has 0 atom stereocenters. The van der Waals surface area contributed by atoms with Crippen LogP contribution in [-0.4, -0.2) is 15.3 Å². The van der Waals surface area contributed by atoms with Gasteiger partial charge in [0.15, 0.2) is 4.96 Å². The molecule has 0 radical (unpaired) electrons. The molecule has 21 heavy (non-hydrogen) atoms. The monoisotopic (exact) mass is 299 g/mol. The average molecular weight is 299 g/mol. The first kappa shape index (κ1) is 13.8. The van der Waals surface area contributed by atoms with Gasteiger partial charge < -0.3 is 5.32 Å². The van der Waals surface area contributed by atoms with Crippen molar-refractivity contribution in [2.45, 2.75) is 26.7 Å². The highest BCUT2D eigenvalue weighted by atomic mass is 32.1. The normalized spacial score (nSPS) is 11.2. The van der Waals surface area contributed by atoms with Crippen LogP contribution in [0.15, 0.2) is 36.7 Å². The topological polar surface area (TPSA) is 46.4 Å². The molecule has 0 aliphatic carbocycles. The molecule has 1 aromatic carbocycles. The second-order valence-electron chi connectivity index (χ2n) is 5.39. The number of amides is 1. The van der Waals surface area contributed by atoms with Gasteiger partial charge >= 0.3 is 0 Å². The van der Waals surface area contributed by atoms with E-state index < -0.39 is 0 Å². The number of thiazole rings is 1. The van der Waals surface area contributed by atoms with Crippen molar-refractivity contribution >= 4 is 27.9 Å². The summed E-state index contributed by atoms with van der Waals surface area (Å²) in [5.74, 6) is 0.304. The fourth-order valence-electron chi connectivity index (χ4n) is 2.17. The summed E-state index contributed by atoms with van der Waals surface area (Å²) in [6.45, 7) is 6.32. The summed E-state index contributed by atoms with van der Waals surface area (Å²) in [5, 5.41) is 2.88. The Morgan fingerprint density at radius 1 is 1.24 bits per heavy atom. The van der Waals surface area contributed by atoms with Crippen molar-refractivity contribution in [3.63, 3.8) is 0 Å². The number of aryl methyl sites for hydroxylation is 1. The molecular formula is C16H17N3OS. The van der Waals surface area contributed by atoms with Crippen molar-refractivity contribution in [2.24, 2.45) is 0 Å². The van der Waals surface area contributed by atoms with Crippen LogP contribution in [0.1, 0.15) is 40.7 Å². The minimum atomic E-state index is -0.180. The summed E-state index contributed by atoms with van der Waals surface area (Å²) in [7, 11) is 0. The van der Waals surface area contributed by atoms with E-state index >= 15 is 0 Å². The molecule has 0 fully saturated rings. The highest BCUT2D eigenvalue weighted by Gasteiger charge is 2.12. The molecule has 0 bridgehead atoms. The molecule has 1 N–H and O–H groups in total. The maximum absolute atomic E-state index is 12.2. The first-order valence-corrected chi connectivity index (χ1v) is 7.71. The van der Waals surface area contributed by atoms with Crippen molar-refractivity contribution in [1.29, 1.82) is 0 Å². The van der Waals surface area contributed by atoms with Crippen LogP contribution in [0, 0.1) is 6.92 Å². The quantitative estimate of drug-likeness (QED) is 0.792. The molecule has 0 aliphatic rings. The van der Waals surface area contributed by atoms with Gasteiger partial charge in [-0.25, -0.2) is 4.98 Å². The zero-order chi connectivity index (χ0) is 15.0. The van der Waals surface area contributed by atoms with Crippen molar-refractivity contribution < 1.29 is 4.79 Å². The van der Waals surface area contributed by atoms with Crippen molar-refractivity contribution in [3.8, 4) is 0 Å². The van der Waals surface area contributed by atoms with E-state index in [0.717, 1.165) is 10.6 Å². The molecule has 0 saturated carbocycles. The molecule has 3 rings (SSSR count). The van der Waals surface area contributed by atoms with E-state index in [-0.39, 0.29) is 5.91 Å². The predicted octanol–water partition coefficient (Wildman–Crippen LogP) is 4.08. The second-order valence-corrected chi connectivity index (χ2v) is 6.60. The molecule has 0 unspecified atom stereocenters. The standard InChI is InChI=1S/C16H17N3OS/c1-10(2)12-4-6-13(7-5-12)17-15(20)14-9-19-8-11(3)21-16(19)18-14/h4-10H,1-3H3,(H,17,20). The lowest BCUT2D eigenvalue weighted by molar-refractivity contribution is 0.102. The van der Waals surface area contributed by atoms with Gasteiger partial charge in [0.25, 0.3) is 5.91 Å². The number of anilines is 1. The number of fused-ring (bicyclic) bond motifs is 1. The zero-order valence-corrected chi connectivity index (χ0v) is 13.1. The summed E-state index contributed by atoms with van der Waals surface area (Å²) in [6, 6.07) is 7.93. The number of carbonyl (C=O) groups is 1. The van der Waals surface area contributed by atoms with Gasteiger partial charge in [0.2, 0.25) is 0 Å². The molecule has 0 aliphatic heterocycles. The minimum Gasteiger partial charge on any atom is -0.321 e. The van der Waals surface area contributed by atoms with Crippen LogP contribution < -0.4 is 5.32 Å². The number of nitrogens with one attached hydrogen (secondary N) is 1. The van der Waals surface area contributed by atoms with E-state index in [4.69, 9.17) is 0 Å². The maximum Gasteiger partial charge on any atom is 0.275 e. The van der Waals surface area contributed by atoms with E-state index in [2.05, 4.69) is 24.1 Å². The summed E-state index contributed by atoms with van der Waals surface area (Å²) < 4.78 is 1.89. The lowest BCUT2D eigenvalue weighted by Crippen LogP contribution is -2.12. The van der Waals surface area contributed by atoms with Gasteiger partial charge in [-0.1, -0.05) is 26.0 Å². The number of hydrogen-bond acceptors (Lipinski definition) is 3. The molecule has 0 spiro atoms. The van der Waals surface area contributed by atoms with E-state index in [0.29, 0.717) is 11.6 Å². The van der Waals surface area contributed by atoms with Gasteiger partial charge in [0.1, 0.15) is 5.69 Å². The zero-order valence-electron chi connectivity index (χ0n) is 12.3. The lowest BCUT2D eigenvalue weighted by Gasteiger charge is -2.07. The third-order valence-electron chi connectivity index (χ3n) is 3.34. The number of aromatic nitrogens is 2. The Kier molecular flexibility index (Phi) is 3.51. The van der Waals surface area contributed by atoms with Gasteiger partial charge in [0, 0.05) is 23.0 Å². The summed E-state index contributed by atoms with van der Waals surface area (Å²) in [6.07, 6.45) is 3.73. The van der Waals surface area contributed by atoms with Gasteiger partial charge in [-0.05, 0) is 30.5 Å². The number of benzene rings is 1. The highest BCUT2D eigenvalue weighted by Crippen LogP contribution is 2.19. The van der Waals surface area contributed by atoms with E-state index in [1.54, 1.807) is 17.5 Å². The molecule has 1 amide bonds. The third kappa shape index (κ3) is 2.83. The Balaban J connectivity index is 1.77. The Morgan fingerprint density at radius 3 is 2.57 bits per heavy atom. The fourth-order valence-corrected chi connectivity index (χ4v) is 2.98. The second kappa shape index (κ2) is 5.33. The van der Waals surface area contributed by atoms with E-state index in [1.807, 2.05) is 41.8 Å². The van der Waals surface area contributed by atoms with E-state index in [1.165, 1.54) is 10.4 Å². The van der Waals surface area contributed by atoms with Crippen LogP contribution in [0.25, 0.3) is 4.96 Å². The maximum atomic E-state index is 12.2. The number of rotatable bonds is 3. The van der Waals surface area contributed by atoms with Crippen LogP contribution in [0.3, 0.4) is 0 Å². The van der Waals surface area contributed by atoms with Crippen LogP contribution >= 0.6 is 11.3 Å². The first-order valence-electron chi connectivity index (χ1n) is 6.89. The predicted molar refractivity (Wildman–Crippen MR) is 86.3 cm³/mol. The Labute approximate surface area is 127 Å². The van der Waals surface area contributed by atoms with Gasteiger partial charge in [-0.2, -0.15) is 0 Å². The first-order chi connectivity index (χ1) is 10.0. The summed E-state index contributed by atoms with van der Waals surface area (Å²) >= 11 is 1.57. The molecule has 3 aromatic rings. The van der Waals surface area contributed by atoms with Crippen molar-refractivity contribution in [1.82, 2.24) is 9.38 Å². The van der Waals surface area contributed by atoms with Crippen LogP contribution in [-0.2, 0) is 0 Å². The Hall–Kier alpha value is -2.14. The van der Waals surface area contributed by atoms with Gasteiger partial charge in [0.05, 0.1) is 0 Å². The third-order valence-corrected chi connectivity index (χ3v) is 4.25. The van der Waals surface area contributed by atoms with Crippen molar-refractivity contribution in [2.75, 3.05) is 5.32 Å². The molecule has 2 aromatic heterocycles. The van der Waals surface area contributed by atoms with Gasteiger partial charge in [-0.3, -0.25) is 9.20 Å². The Bertz CT molecular complexity index is 752. The minimum absolute atomic E-state index is 0.180. The number of carbonyl (C=O) groups excluding carboxylic acids is 1. The summed E-state index contributed by atoms with van der Waals surface area (Å²) in [4.78, 5) is 18.6. The van der Waals surface area contributed by atoms with Crippen molar-refractivity contribution in [3.05, 3.63) is 52.8 Å². The smallest absolute Gasteiger partial charge is 0.275 e. The highest BCUT2D eigenvalue weighted by molar-refractivity contribution is 7.17. The SMILES string of the molecule is Cc1cn2cc(C(=O)Nc3ccc(C(C)C)cc3)nc2s1. The van der Waals surface area contributed by atoms with E-state index in [9.17, 15) is 4.79 Å². The van der Waals surface area contributed by atoms with Crippen LogP contribution in [0.4, 0.5) is 5.69 Å². The molecule has 0 saturated heterocycles. The largest absolute Gasteiger partial charge is 0.321 e. The fraction of sp³-hybridized carbons (Fsp3) is 0.250. The molecule has 4 nitrogen and oxygen atoms in total. The molecule has 5 heteroatoms. The molecule has 2 heterocycles. The summed E-state index contributed by atoms with van der Waals surface area (Å²) in [5.41, 5.74) is 2.48. The average Bonchev–Trinajstić information content (AvgIpc) is 2.96.